The summed E-state index contributed by atoms with van der Waals surface area (Å²) in [7, 11) is 0. The minimum absolute atomic E-state index is 0.0625. The van der Waals surface area contributed by atoms with Crippen molar-refractivity contribution in [1.82, 2.24) is 0 Å². The maximum atomic E-state index is 12.1. The van der Waals surface area contributed by atoms with Gasteiger partial charge in [0, 0.05) is 12.8 Å². The molecule has 1 radical (unpaired) electrons. The van der Waals surface area contributed by atoms with Crippen LogP contribution in [0.2, 0.25) is 0 Å². The van der Waals surface area contributed by atoms with E-state index in [9.17, 15) is 8.78 Å². The zero-order valence-corrected chi connectivity index (χ0v) is 4.66. The molecular formula is C6H9F2. The second-order valence-corrected chi connectivity index (χ2v) is 2.21. The van der Waals surface area contributed by atoms with Gasteiger partial charge < -0.3 is 0 Å². The van der Waals surface area contributed by atoms with E-state index in [4.69, 9.17) is 0 Å². The van der Waals surface area contributed by atoms with E-state index in [0.717, 1.165) is 12.8 Å². The zero-order valence-electron chi connectivity index (χ0n) is 4.66. The van der Waals surface area contributed by atoms with Crippen molar-refractivity contribution < 1.29 is 8.78 Å². The number of hydrogen-bond acceptors (Lipinski definition) is 0. The summed E-state index contributed by atoms with van der Waals surface area (Å²) in [5.41, 5.74) is 0. The molecule has 1 fully saturated rings. The maximum absolute atomic E-state index is 12.1. The number of alkyl halides is 2. The van der Waals surface area contributed by atoms with Crippen LogP contribution in [0.25, 0.3) is 0 Å². The van der Waals surface area contributed by atoms with Crippen LogP contribution in [0.4, 0.5) is 8.78 Å². The van der Waals surface area contributed by atoms with Gasteiger partial charge >= 0.3 is 0 Å². The van der Waals surface area contributed by atoms with Crippen molar-refractivity contribution in [2.75, 3.05) is 0 Å². The lowest BCUT2D eigenvalue weighted by atomic mass is 9.97. The van der Waals surface area contributed by atoms with Crippen molar-refractivity contribution in [1.29, 1.82) is 0 Å². The Kier molecular flexibility index (Phi) is 1.49. The van der Waals surface area contributed by atoms with Gasteiger partial charge in [-0.1, -0.05) is 6.42 Å². The summed E-state index contributed by atoms with van der Waals surface area (Å²) in [6.07, 6.45) is 3.40. The predicted molar refractivity (Wildman–Crippen MR) is 27.7 cm³/mol. The molecular weight excluding hydrogens is 110 g/mol. The first kappa shape index (κ1) is 5.99. The van der Waals surface area contributed by atoms with Gasteiger partial charge in [0.05, 0.1) is 0 Å². The molecule has 1 aliphatic carbocycles. The molecule has 0 aromatic carbocycles. The quantitative estimate of drug-likeness (QED) is 0.459. The lowest BCUT2D eigenvalue weighted by Gasteiger charge is -2.19. The van der Waals surface area contributed by atoms with Crippen molar-refractivity contribution >= 4 is 0 Å². The molecule has 8 heavy (non-hydrogen) atoms. The molecule has 0 heterocycles. The van der Waals surface area contributed by atoms with E-state index in [2.05, 4.69) is 0 Å². The fraction of sp³-hybridized carbons (Fsp3) is 0.833. The molecule has 47 valence electrons. The molecule has 0 saturated heterocycles. The summed E-state index contributed by atoms with van der Waals surface area (Å²) in [6.45, 7) is 0. The van der Waals surface area contributed by atoms with E-state index < -0.39 is 5.92 Å². The lowest BCUT2D eigenvalue weighted by molar-refractivity contribution is 0.0106. The topological polar surface area (TPSA) is 0 Å². The Morgan fingerprint density at radius 2 is 2.00 bits per heavy atom. The zero-order chi connectivity index (χ0) is 6.04. The molecule has 0 unspecified atom stereocenters. The smallest absolute Gasteiger partial charge is 0.207 e. The Labute approximate surface area is 47.9 Å². The average Bonchev–Trinajstić information content (AvgIpc) is 1.65. The number of rotatable bonds is 0. The molecule has 0 aromatic heterocycles. The third-order valence-electron chi connectivity index (χ3n) is 1.41. The van der Waals surface area contributed by atoms with Crippen molar-refractivity contribution in [2.45, 2.75) is 31.6 Å². The van der Waals surface area contributed by atoms with Gasteiger partial charge in [0.2, 0.25) is 0 Å². The second kappa shape index (κ2) is 2.00. The van der Waals surface area contributed by atoms with Crippen LogP contribution in [-0.4, -0.2) is 5.92 Å². The largest absolute Gasteiger partial charge is 0.251 e. The van der Waals surface area contributed by atoms with Crippen LogP contribution >= 0.6 is 0 Å². The normalized spacial score (nSPS) is 27.8. The van der Waals surface area contributed by atoms with Gasteiger partial charge in [0.25, 0.3) is 5.92 Å². The third kappa shape index (κ3) is 1.42. The van der Waals surface area contributed by atoms with Gasteiger partial charge in [-0.25, -0.2) is 8.78 Å². The van der Waals surface area contributed by atoms with E-state index >= 15 is 0 Å². The van der Waals surface area contributed by atoms with Crippen LogP contribution in [0.3, 0.4) is 0 Å². The van der Waals surface area contributed by atoms with Crippen LogP contribution in [0, 0.1) is 6.42 Å². The van der Waals surface area contributed by atoms with Crippen LogP contribution in [0.5, 0.6) is 0 Å². The Bertz CT molecular complexity index is 70.6. The van der Waals surface area contributed by atoms with Crippen LogP contribution in [0.1, 0.15) is 25.7 Å². The van der Waals surface area contributed by atoms with Crippen LogP contribution < -0.4 is 0 Å². The van der Waals surface area contributed by atoms with Crippen LogP contribution in [-0.2, 0) is 0 Å². The van der Waals surface area contributed by atoms with Gasteiger partial charge in [-0.15, -0.1) is 0 Å². The summed E-state index contributed by atoms with van der Waals surface area (Å²) in [5, 5.41) is 0. The van der Waals surface area contributed by atoms with Crippen molar-refractivity contribution in [3.8, 4) is 0 Å². The first-order chi connectivity index (χ1) is 3.71. The average molecular weight is 119 g/mol. The maximum Gasteiger partial charge on any atom is 0.251 e. The highest BCUT2D eigenvalue weighted by Gasteiger charge is 2.30. The molecule has 1 rings (SSSR count). The SMILES string of the molecule is FC1(F)[CH]CCCC1. The second-order valence-electron chi connectivity index (χ2n) is 2.21. The highest BCUT2D eigenvalue weighted by Crippen LogP contribution is 2.31. The molecule has 0 spiro atoms. The summed E-state index contributed by atoms with van der Waals surface area (Å²) >= 11 is 0. The summed E-state index contributed by atoms with van der Waals surface area (Å²) < 4.78 is 24.3. The monoisotopic (exact) mass is 119 g/mol. The van der Waals surface area contributed by atoms with Gasteiger partial charge in [-0.2, -0.15) is 0 Å². The van der Waals surface area contributed by atoms with E-state index in [1.807, 2.05) is 0 Å². The molecule has 1 aliphatic rings. The molecule has 0 amide bonds. The molecule has 0 N–H and O–H groups in total. The Morgan fingerprint density at radius 3 is 2.25 bits per heavy atom. The Morgan fingerprint density at radius 1 is 1.25 bits per heavy atom. The van der Waals surface area contributed by atoms with Crippen molar-refractivity contribution in [2.24, 2.45) is 0 Å². The molecule has 1 saturated carbocycles. The minimum Gasteiger partial charge on any atom is -0.207 e. The fourth-order valence-electron chi connectivity index (χ4n) is 0.920. The first-order valence-electron chi connectivity index (χ1n) is 2.93. The molecule has 0 aromatic rings. The first-order valence-corrected chi connectivity index (χ1v) is 2.93. The fourth-order valence-corrected chi connectivity index (χ4v) is 0.920. The van der Waals surface area contributed by atoms with Gasteiger partial charge in [0.1, 0.15) is 0 Å². The third-order valence-corrected chi connectivity index (χ3v) is 1.41. The minimum atomic E-state index is -2.45. The molecule has 0 atom stereocenters. The standard InChI is InChI=1S/C6H9F2/c7-6(8)4-2-1-3-5-6/h4H,1-3,5H2. The summed E-state index contributed by atoms with van der Waals surface area (Å²) in [5.74, 6) is -2.45. The van der Waals surface area contributed by atoms with E-state index in [-0.39, 0.29) is 6.42 Å². The van der Waals surface area contributed by atoms with E-state index in [0.29, 0.717) is 12.8 Å². The summed E-state index contributed by atoms with van der Waals surface area (Å²) in [4.78, 5) is 0. The molecule has 0 bridgehead atoms. The van der Waals surface area contributed by atoms with Gasteiger partial charge in [-0.05, 0) is 12.8 Å². The lowest BCUT2D eigenvalue weighted by Crippen LogP contribution is -2.19. The van der Waals surface area contributed by atoms with Crippen molar-refractivity contribution in [3.63, 3.8) is 0 Å². The highest BCUT2D eigenvalue weighted by molar-refractivity contribution is 4.87. The number of hydrogen-bond donors (Lipinski definition) is 0. The van der Waals surface area contributed by atoms with E-state index in [1.165, 1.54) is 0 Å². The molecule has 0 aliphatic heterocycles. The predicted octanol–water partition coefficient (Wildman–Crippen LogP) is 2.40. The molecule has 0 nitrogen and oxygen atoms in total. The van der Waals surface area contributed by atoms with Crippen LogP contribution in [0.15, 0.2) is 0 Å². The molecule has 2 heteroatoms. The Balaban J connectivity index is 2.33. The van der Waals surface area contributed by atoms with E-state index in [1.54, 1.807) is 0 Å². The number of halogens is 2. The van der Waals surface area contributed by atoms with Gasteiger partial charge in [0.15, 0.2) is 0 Å². The van der Waals surface area contributed by atoms with Gasteiger partial charge in [-0.3, -0.25) is 0 Å². The Hall–Kier alpha value is -0.140. The summed E-state index contributed by atoms with van der Waals surface area (Å²) in [6, 6.07) is 0. The highest BCUT2D eigenvalue weighted by atomic mass is 19.3. The van der Waals surface area contributed by atoms with Crippen molar-refractivity contribution in [3.05, 3.63) is 6.42 Å².